The van der Waals surface area contributed by atoms with E-state index in [2.05, 4.69) is 5.32 Å². The van der Waals surface area contributed by atoms with Crippen LogP contribution in [0.4, 0.5) is 4.39 Å². The molecule has 190 valence electrons. The van der Waals surface area contributed by atoms with E-state index in [1.807, 2.05) is 63.2 Å². The fourth-order valence-electron chi connectivity index (χ4n) is 3.74. The van der Waals surface area contributed by atoms with E-state index in [0.717, 1.165) is 11.1 Å². The van der Waals surface area contributed by atoms with Crippen molar-refractivity contribution in [2.45, 2.75) is 51.1 Å². The monoisotopic (exact) mass is 526 g/mol. The summed E-state index contributed by atoms with van der Waals surface area (Å²) >= 11 is 7.40. The van der Waals surface area contributed by atoms with Crippen molar-refractivity contribution in [1.29, 1.82) is 0 Å². The molecule has 0 saturated carbocycles. The second-order valence-electron chi connectivity index (χ2n) is 9.68. The minimum Gasteiger partial charge on any atom is -0.350 e. The Balaban J connectivity index is 1.87. The number of nitrogens with one attached hydrogen (secondary N) is 1. The SMILES string of the molecule is CC(C)(C)NC(=O)[C@@H](Cc1ccccc1)N(Cc1ccc(Cl)cc1)C(=O)CSCc1ccccc1F. The predicted octanol–water partition coefficient (Wildman–Crippen LogP) is 6.27. The molecule has 0 unspecified atom stereocenters. The van der Waals surface area contributed by atoms with Crippen molar-refractivity contribution in [3.8, 4) is 0 Å². The van der Waals surface area contributed by atoms with Crippen molar-refractivity contribution < 1.29 is 14.0 Å². The highest BCUT2D eigenvalue weighted by atomic mass is 35.5. The number of carbonyl (C=O) groups excluding carboxylic acids is 2. The second-order valence-corrected chi connectivity index (χ2v) is 11.1. The van der Waals surface area contributed by atoms with Gasteiger partial charge in [-0.1, -0.05) is 72.3 Å². The van der Waals surface area contributed by atoms with Crippen LogP contribution in [0.1, 0.15) is 37.5 Å². The van der Waals surface area contributed by atoms with E-state index in [4.69, 9.17) is 11.6 Å². The van der Waals surface area contributed by atoms with Gasteiger partial charge in [0, 0.05) is 29.3 Å². The quantitative estimate of drug-likeness (QED) is 0.339. The molecule has 0 bridgehead atoms. The summed E-state index contributed by atoms with van der Waals surface area (Å²) < 4.78 is 14.1. The molecule has 0 fully saturated rings. The molecule has 0 aromatic heterocycles. The summed E-state index contributed by atoms with van der Waals surface area (Å²) in [5, 5.41) is 3.65. The van der Waals surface area contributed by atoms with Crippen LogP contribution in [0, 0.1) is 5.82 Å². The van der Waals surface area contributed by atoms with Crippen LogP contribution in [0.15, 0.2) is 78.9 Å². The smallest absolute Gasteiger partial charge is 0.243 e. The summed E-state index contributed by atoms with van der Waals surface area (Å²) in [7, 11) is 0. The molecule has 0 saturated heterocycles. The third kappa shape index (κ3) is 8.68. The average molecular weight is 527 g/mol. The Kier molecular flexibility index (Phi) is 9.97. The molecule has 0 aliphatic heterocycles. The van der Waals surface area contributed by atoms with E-state index < -0.39 is 11.6 Å². The van der Waals surface area contributed by atoms with Gasteiger partial charge in [-0.05, 0) is 55.7 Å². The minimum absolute atomic E-state index is 0.121. The lowest BCUT2D eigenvalue weighted by Gasteiger charge is -2.34. The van der Waals surface area contributed by atoms with Crippen LogP contribution in [0.5, 0.6) is 0 Å². The number of carbonyl (C=O) groups is 2. The summed E-state index contributed by atoms with van der Waals surface area (Å²) in [6.45, 7) is 6.01. The number of rotatable bonds is 10. The molecule has 3 aromatic carbocycles. The standard InChI is InChI=1S/C29H32ClFN2O2S/c1-29(2,3)32-28(35)26(17-21-9-5-4-6-10-21)33(18-22-13-15-24(30)16-14-22)27(34)20-36-19-23-11-7-8-12-25(23)31/h4-16,26H,17-20H2,1-3H3,(H,32,35)/t26-/m1/s1. The van der Waals surface area contributed by atoms with Crippen LogP contribution in [-0.2, 0) is 28.3 Å². The van der Waals surface area contributed by atoms with Gasteiger partial charge in [0.15, 0.2) is 0 Å². The topological polar surface area (TPSA) is 49.4 Å². The Bertz CT molecular complexity index is 1150. The lowest BCUT2D eigenvalue weighted by molar-refractivity contribution is -0.140. The Labute approximate surface area is 222 Å². The minimum atomic E-state index is -0.719. The first-order chi connectivity index (χ1) is 17.1. The Morgan fingerprint density at radius 1 is 0.944 bits per heavy atom. The zero-order valence-corrected chi connectivity index (χ0v) is 22.4. The van der Waals surface area contributed by atoms with Gasteiger partial charge in [-0.15, -0.1) is 11.8 Å². The molecule has 3 aromatic rings. The van der Waals surface area contributed by atoms with Crippen LogP contribution >= 0.6 is 23.4 Å². The van der Waals surface area contributed by atoms with Gasteiger partial charge in [-0.25, -0.2) is 4.39 Å². The fraction of sp³-hybridized carbons (Fsp3) is 0.310. The molecule has 0 radical (unpaired) electrons. The first kappa shape index (κ1) is 27.8. The molecule has 0 aliphatic carbocycles. The summed E-state index contributed by atoms with van der Waals surface area (Å²) in [5.41, 5.74) is 1.92. The molecule has 1 atom stereocenters. The molecule has 3 rings (SSSR count). The lowest BCUT2D eigenvalue weighted by Crippen LogP contribution is -2.54. The van der Waals surface area contributed by atoms with Gasteiger partial charge in [0.1, 0.15) is 11.9 Å². The molecule has 2 amide bonds. The van der Waals surface area contributed by atoms with Gasteiger partial charge in [-0.3, -0.25) is 9.59 Å². The van der Waals surface area contributed by atoms with E-state index in [0.29, 0.717) is 22.8 Å². The second kappa shape index (κ2) is 12.9. The van der Waals surface area contributed by atoms with Crippen molar-refractivity contribution in [2.24, 2.45) is 0 Å². The van der Waals surface area contributed by atoms with E-state index >= 15 is 0 Å². The van der Waals surface area contributed by atoms with E-state index in [9.17, 15) is 14.0 Å². The average Bonchev–Trinajstić information content (AvgIpc) is 2.83. The van der Waals surface area contributed by atoms with Crippen molar-refractivity contribution in [1.82, 2.24) is 10.2 Å². The van der Waals surface area contributed by atoms with E-state index in [1.54, 1.807) is 35.2 Å². The zero-order chi connectivity index (χ0) is 26.1. The van der Waals surface area contributed by atoms with Crippen LogP contribution in [0.3, 0.4) is 0 Å². The Morgan fingerprint density at radius 3 is 2.22 bits per heavy atom. The first-order valence-corrected chi connectivity index (χ1v) is 13.4. The van der Waals surface area contributed by atoms with Crippen molar-refractivity contribution >= 4 is 35.2 Å². The van der Waals surface area contributed by atoms with Crippen molar-refractivity contribution in [3.05, 3.63) is 106 Å². The highest BCUT2D eigenvalue weighted by Crippen LogP contribution is 2.21. The number of thioether (sulfide) groups is 1. The van der Waals surface area contributed by atoms with Gasteiger partial charge in [0.25, 0.3) is 0 Å². The van der Waals surface area contributed by atoms with Gasteiger partial charge in [0.05, 0.1) is 5.75 Å². The summed E-state index contributed by atoms with van der Waals surface area (Å²) in [6.07, 6.45) is 0.375. The lowest BCUT2D eigenvalue weighted by atomic mass is 10.0. The molecule has 36 heavy (non-hydrogen) atoms. The van der Waals surface area contributed by atoms with E-state index in [1.165, 1.54) is 17.8 Å². The maximum Gasteiger partial charge on any atom is 0.243 e. The molecular formula is C29H32ClFN2O2S. The third-order valence-electron chi connectivity index (χ3n) is 5.48. The Morgan fingerprint density at radius 2 is 1.58 bits per heavy atom. The number of hydrogen-bond donors (Lipinski definition) is 1. The molecule has 0 spiro atoms. The molecular weight excluding hydrogens is 495 g/mol. The van der Waals surface area contributed by atoms with Gasteiger partial charge in [0.2, 0.25) is 11.8 Å². The highest BCUT2D eigenvalue weighted by Gasteiger charge is 2.32. The first-order valence-electron chi connectivity index (χ1n) is 11.8. The normalized spacial score (nSPS) is 12.1. The molecule has 0 heterocycles. The van der Waals surface area contributed by atoms with Crippen LogP contribution in [-0.4, -0.2) is 34.0 Å². The van der Waals surface area contributed by atoms with Gasteiger partial charge >= 0.3 is 0 Å². The van der Waals surface area contributed by atoms with Gasteiger partial charge < -0.3 is 10.2 Å². The molecule has 7 heteroatoms. The van der Waals surface area contributed by atoms with Crippen LogP contribution in [0.25, 0.3) is 0 Å². The van der Waals surface area contributed by atoms with Crippen LogP contribution < -0.4 is 5.32 Å². The van der Waals surface area contributed by atoms with Crippen LogP contribution in [0.2, 0.25) is 5.02 Å². The predicted molar refractivity (Wildman–Crippen MR) is 146 cm³/mol. The number of halogens is 2. The fourth-order valence-corrected chi connectivity index (χ4v) is 4.76. The maximum atomic E-state index is 14.1. The highest BCUT2D eigenvalue weighted by molar-refractivity contribution is 7.99. The number of nitrogens with zero attached hydrogens (tertiary/aromatic N) is 1. The number of benzene rings is 3. The summed E-state index contributed by atoms with van der Waals surface area (Å²) in [5.74, 6) is -0.202. The number of hydrogen-bond acceptors (Lipinski definition) is 3. The number of amides is 2. The van der Waals surface area contributed by atoms with Gasteiger partial charge in [-0.2, -0.15) is 0 Å². The summed E-state index contributed by atoms with van der Waals surface area (Å²) in [6, 6.07) is 22.8. The molecule has 1 N–H and O–H groups in total. The van der Waals surface area contributed by atoms with Crippen molar-refractivity contribution in [2.75, 3.05) is 5.75 Å². The third-order valence-corrected chi connectivity index (χ3v) is 6.69. The molecule has 0 aliphatic rings. The largest absolute Gasteiger partial charge is 0.350 e. The maximum absolute atomic E-state index is 14.1. The molecule has 4 nitrogen and oxygen atoms in total. The zero-order valence-electron chi connectivity index (χ0n) is 20.8. The Hall–Kier alpha value is -2.83. The van der Waals surface area contributed by atoms with E-state index in [-0.39, 0.29) is 29.9 Å². The summed E-state index contributed by atoms with van der Waals surface area (Å²) in [4.78, 5) is 28.7. The van der Waals surface area contributed by atoms with Crippen molar-refractivity contribution in [3.63, 3.8) is 0 Å².